The van der Waals surface area contributed by atoms with Crippen LogP contribution in [0.2, 0.25) is 0 Å². The molecule has 0 unspecified atom stereocenters. The standard InChI is InChI=1S/C18H25N3O2/c1-18(2,3)11-17(23)20-14-4-5-16(13(10-14)12-19)21-8-6-15(22)7-9-21/h4-5,10,15,22H,6-9,11H2,1-3H3,(H,20,23). The quantitative estimate of drug-likeness (QED) is 0.899. The lowest BCUT2D eigenvalue weighted by atomic mass is 9.92. The minimum atomic E-state index is -0.243. The van der Waals surface area contributed by atoms with Crippen molar-refractivity contribution in [3.8, 4) is 6.07 Å². The van der Waals surface area contributed by atoms with E-state index < -0.39 is 0 Å². The lowest BCUT2D eigenvalue weighted by Crippen LogP contribution is -2.36. The van der Waals surface area contributed by atoms with E-state index >= 15 is 0 Å². The number of carbonyl (C=O) groups is 1. The molecule has 1 saturated heterocycles. The Morgan fingerprint density at radius 3 is 2.61 bits per heavy atom. The van der Waals surface area contributed by atoms with Crippen LogP contribution in [0, 0.1) is 16.7 Å². The average molecular weight is 315 g/mol. The van der Waals surface area contributed by atoms with Gasteiger partial charge in [-0.3, -0.25) is 4.79 Å². The van der Waals surface area contributed by atoms with Crippen LogP contribution in [0.5, 0.6) is 0 Å². The molecule has 0 spiro atoms. The highest BCUT2D eigenvalue weighted by Crippen LogP contribution is 2.27. The van der Waals surface area contributed by atoms with Gasteiger partial charge in [-0.25, -0.2) is 0 Å². The van der Waals surface area contributed by atoms with E-state index in [1.807, 2.05) is 32.9 Å². The van der Waals surface area contributed by atoms with Crippen LogP contribution in [0.25, 0.3) is 0 Å². The number of nitriles is 1. The molecule has 0 bridgehead atoms. The van der Waals surface area contributed by atoms with Gasteiger partial charge in [-0.1, -0.05) is 20.8 Å². The zero-order valence-corrected chi connectivity index (χ0v) is 14.1. The highest BCUT2D eigenvalue weighted by Gasteiger charge is 2.20. The topological polar surface area (TPSA) is 76.4 Å². The third kappa shape index (κ3) is 4.97. The first-order valence-electron chi connectivity index (χ1n) is 8.05. The highest BCUT2D eigenvalue weighted by atomic mass is 16.3. The second kappa shape index (κ2) is 7.01. The van der Waals surface area contributed by atoms with Gasteiger partial charge in [0.1, 0.15) is 6.07 Å². The lowest BCUT2D eigenvalue weighted by molar-refractivity contribution is -0.117. The fraction of sp³-hybridized carbons (Fsp3) is 0.556. The van der Waals surface area contributed by atoms with E-state index in [0.717, 1.165) is 31.6 Å². The number of piperidine rings is 1. The average Bonchev–Trinajstić information content (AvgIpc) is 2.46. The molecule has 1 aromatic rings. The Kier molecular flexibility index (Phi) is 5.27. The predicted molar refractivity (Wildman–Crippen MR) is 91.3 cm³/mol. The molecule has 1 aliphatic rings. The molecule has 0 saturated carbocycles. The molecule has 5 heteroatoms. The Hall–Kier alpha value is -2.06. The molecule has 2 N–H and O–H groups in total. The number of hydrogen-bond donors (Lipinski definition) is 2. The van der Waals surface area contributed by atoms with Gasteiger partial charge >= 0.3 is 0 Å². The van der Waals surface area contributed by atoms with Crippen LogP contribution < -0.4 is 10.2 Å². The maximum Gasteiger partial charge on any atom is 0.224 e. The Labute approximate surface area is 137 Å². The molecule has 0 atom stereocenters. The number of aliphatic hydroxyl groups is 1. The van der Waals surface area contributed by atoms with E-state index in [4.69, 9.17) is 0 Å². The van der Waals surface area contributed by atoms with Gasteiger partial charge in [0, 0.05) is 25.2 Å². The fourth-order valence-corrected chi connectivity index (χ4v) is 2.77. The van der Waals surface area contributed by atoms with Crippen LogP contribution in [0.1, 0.15) is 45.6 Å². The number of nitrogens with one attached hydrogen (secondary N) is 1. The molecule has 124 valence electrons. The minimum Gasteiger partial charge on any atom is -0.393 e. The summed E-state index contributed by atoms with van der Waals surface area (Å²) in [7, 11) is 0. The van der Waals surface area contributed by atoms with Crippen molar-refractivity contribution in [1.82, 2.24) is 0 Å². The second-order valence-electron chi connectivity index (χ2n) is 7.35. The summed E-state index contributed by atoms with van der Waals surface area (Å²) in [6, 6.07) is 7.65. The highest BCUT2D eigenvalue weighted by molar-refractivity contribution is 5.91. The summed E-state index contributed by atoms with van der Waals surface area (Å²) in [6.07, 6.45) is 1.62. The first kappa shape index (κ1) is 17.3. The Morgan fingerprint density at radius 2 is 2.04 bits per heavy atom. The monoisotopic (exact) mass is 315 g/mol. The van der Waals surface area contributed by atoms with Gasteiger partial charge in [0.2, 0.25) is 5.91 Å². The predicted octanol–water partition coefficient (Wildman–Crippen LogP) is 2.89. The Morgan fingerprint density at radius 1 is 1.39 bits per heavy atom. The van der Waals surface area contributed by atoms with Crippen molar-refractivity contribution in [2.75, 3.05) is 23.3 Å². The van der Waals surface area contributed by atoms with Crippen LogP contribution in [-0.4, -0.2) is 30.2 Å². The number of carbonyl (C=O) groups excluding carboxylic acids is 1. The largest absolute Gasteiger partial charge is 0.393 e. The summed E-state index contributed by atoms with van der Waals surface area (Å²) in [5.41, 5.74) is 2.00. The van der Waals surface area contributed by atoms with E-state index in [0.29, 0.717) is 17.7 Å². The third-order valence-corrected chi connectivity index (χ3v) is 3.90. The van der Waals surface area contributed by atoms with Crippen molar-refractivity contribution in [1.29, 1.82) is 5.26 Å². The maximum atomic E-state index is 12.0. The smallest absolute Gasteiger partial charge is 0.224 e. The molecule has 2 rings (SSSR count). The molecule has 1 aromatic carbocycles. The SMILES string of the molecule is CC(C)(C)CC(=O)Nc1ccc(N2CCC(O)CC2)c(C#N)c1. The fourth-order valence-electron chi connectivity index (χ4n) is 2.77. The summed E-state index contributed by atoms with van der Waals surface area (Å²) in [4.78, 5) is 14.1. The molecule has 1 aliphatic heterocycles. The second-order valence-corrected chi connectivity index (χ2v) is 7.35. The molecule has 1 fully saturated rings. The van der Waals surface area contributed by atoms with Gasteiger partial charge < -0.3 is 15.3 Å². The van der Waals surface area contributed by atoms with Crippen LogP contribution in [0.3, 0.4) is 0 Å². The summed E-state index contributed by atoms with van der Waals surface area (Å²) in [5, 5.41) is 21.9. The summed E-state index contributed by atoms with van der Waals surface area (Å²) in [6.45, 7) is 7.53. The zero-order chi connectivity index (χ0) is 17.0. The Bertz CT molecular complexity index is 606. The third-order valence-electron chi connectivity index (χ3n) is 3.90. The number of nitrogens with zero attached hydrogens (tertiary/aromatic N) is 2. The van der Waals surface area contributed by atoms with Crippen molar-refractivity contribution < 1.29 is 9.90 Å². The number of aliphatic hydroxyl groups excluding tert-OH is 1. The summed E-state index contributed by atoms with van der Waals surface area (Å²) in [5.74, 6) is -0.0461. The van der Waals surface area contributed by atoms with Crippen molar-refractivity contribution >= 4 is 17.3 Å². The van der Waals surface area contributed by atoms with E-state index in [-0.39, 0.29) is 17.4 Å². The molecule has 0 aliphatic carbocycles. The van der Waals surface area contributed by atoms with Gasteiger partial charge in [-0.05, 0) is 36.5 Å². The van der Waals surface area contributed by atoms with Crippen LogP contribution in [0.4, 0.5) is 11.4 Å². The van der Waals surface area contributed by atoms with Gasteiger partial charge in [0.25, 0.3) is 0 Å². The molecule has 1 amide bonds. The first-order chi connectivity index (χ1) is 10.8. The lowest BCUT2D eigenvalue weighted by Gasteiger charge is -2.32. The van der Waals surface area contributed by atoms with Gasteiger partial charge in [0.15, 0.2) is 0 Å². The molecule has 23 heavy (non-hydrogen) atoms. The van der Waals surface area contributed by atoms with Crippen molar-refractivity contribution in [3.05, 3.63) is 23.8 Å². The van der Waals surface area contributed by atoms with Gasteiger partial charge in [-0.2, -0.15) is 5.26 Å². The number of anilines is 2. The Balaban J connectivity index is 2.11. The summed E-state index contributed by atoms with van der Waals surface area (Å²) >= 11 is 0. The zero-order valence-electron chi connectivity index (χ0n) is 14.1. The number of benzene rings is 1. The van der Waals surface area contributed by atoms with Crippen LogP contribution in [0.15, 0.2) is 18.2 Å². The molecule has 0 aromatic heterocycles. The van der Waals surface area contributed by atoms with E-state index in [9.17, 15) is 15.2 Å². The number of hydrogen-bond acceptors (Lipinski definition) is 4. The maximum absolute atomic E-state index is 12.0. The van der Waals surface area contributed by atoms with Crippen molar-refractivity contribution in [3.63, 3.8) is 0 Å². The normalized spacial score (nSPS) is 16.0. The van der Waals surface area contributed by atoms with Crippen LogP contribution in [-0.2, 0) is 4.79 Å². The van der Waals surface area contributed by atoms with E-state index in [2.05, 4.69) is 16.3 Å². The molecule has 5 nitrogen and oxygen atoms in total. The molecule has 0 radical (unpaired) electrons. The molecular weight excluding hydrogens is 290 g/mol. The first-order valence-corrected chi connectivity index (χ1v) is 8.05. The van der Waals surface area contributed by atoms with Gasteiger partial charge in [0.05, 0.1) is 17.4 Å². The molecular formula is C18H25N3O2. The van der Waals surface area contributed by atoms with Gasteiger partial charge in [-0.15, -0.1) is 0 Å². The van der Waals surface area contributed by atoms with E-state index in [1.54, 1.807) is 6.07 Å². The summed E-state index contributed by atoms with van der Waals surface area (Å²) < 4.78 is 0. The minimum absolute atomic E-state index is 0.0461. The van der Waals surface area contributed by atoms with E-state index in [1.165, 1.54) is 0 Å². The molecule has 1 heterocycles. The van der Waals surface area contributed by atoms with Crippen LogP contribution >= 0.6 is 0 Å². The van der Waals surface area contributed by atoms with Crippen molar-refractivity contribution in [2.45, 2.75) is 46.1 Å². The van der Waals surface area contributed by atoms with Crippen molar-refractivity contribution in [2.24, 2.45) is 5.41 Å². The number of amides is 1. The number of rotatable bonds is 3.